The molecule has 7 aromatic rings. The van der Waals surface area contributed by atoms with Crippen molar-refractivity contribution in [3.63, 3.8) is 0 Å². The number of rotatable bonds is 33. The van der Waals surface area contributed by atoms with Gasteiger partial charge in [-0.25, -0.2) is 19.9 Å². The second-order valence-corrected chi connectivity index (χ2v) is 20.8. The zero-order chi connectivity index (χ0) is 66.6. The second-order valence-electron chi connectivity index (χ2n) is 20.8. The Hall–Kier alpha value is -11.2. The monoisotopic (exact) mass is 1270 g/mol. The van der Waals surface area contributed by atoms with E-state index in [0.29, 0.717) is 44.3 Å². The number of nitrogens with one attached hydrogen (secondary N) is 11. The highest BCUT2D eigenvalue weighted by Crippen LogP contribution is 2.19. The highest BCUT2D eigenvalue weighted by atomic mass is 16.5. The third-order valence-corrected chi connectivity index (χ3v) is 13.5. The number of carbonyl (C=O) groups excluding carboxylic acids is 11. The molecule has 0 spiro atoms. The maximum absolute atomic E-state index is 13.3. The molecule has 0 unspecified atom stereocenters. The summed E-state index contributed by atoms with van der Waals surface area (Å²) in [6.45, 7) is 4.05. The molecule has 7 aromatic heterocycles. The number of hydrogen-bond acceptors (Lipinski definition) is 17. The molecule has 0 fully saturated rings. The van der Waals surface area contributed by atoms with E-state index >= 15 is 0 Å². The highest BCUT2D eigenvalue weighted by Gasteiger charge is 2.23. The molecule has 0 aliphatic heterocycles. The summed E-state index contributed by atoms with van der Waals surface area (Å²) < 4.78 is 20.8. The van der Waals surface area contributed by atoms with Crippen LogP contribution < -0.4 is 58.5 Å². The summed E-state index contributed by atoms with van der Waals surface area (Å²) in [5, 5.41) is 29.3. The van der Waals surface area contributed by atoms with Crippen LogP contribution in [0.4, 0.5) is 34.5 Å². The van der Waals surface area contributed by atoms with Gasteiger partial charge in [0.1, 0.15) is 17.1 Å². The average molecular weight is 1280 g/mol. The Morgan fingerprint density at radius 3 is 1.28 bits per heavy atom. The van der Waals surface area contributed by atoms with E-state index in [9.17, 15) is 52.7 Å². The SMILES string of the molecule is CCOCCOCCNC(=O)CCNC(=O)c1nc(NC(=O)c2cc(NC(=O)CCNC(=O)c3nc(NC(=O)CCCNC(=O)c4cc(NC(=O)c5nc(NC(=O)CCNC(=O)c6cc(NC(=O)c7nccn7C)cn6C)cn5C)cn4C)cn3C)cn2C)cn1C. The zero-order valence-corrected chi connectivity index (χ0v) is 52.0. The summed E-state index contributed by atoms with van der Waals surface area (Å²) in [5.41, 5.74) is 1.55. The van der Waals surface area contributed by atoms with Crippen LogP contribution in [0.1, 0.15) is 113 Å². The minimum absolute atomic E-state index is 0.00463. The first-order valence-electron chi connectivity index (χ1n) is 28.9. The minimum Gasteiger partial charge on any atom is -0.379 e. The van der Waals surface area contributed by atoms with E-state index in [2.05, 4.69) is 78.4 Å². The molecule has 92 heavy (non-hydrogen) atoms. The van der Waals surface area contributed by atoms with Gasteiger partial charge in [-0.05, 0) is 31.5 Å². The quantitative estimate of drug-likeness (QED) is 0.0247. The fourth-order valence-electron chi connectivity index (χ4n) is 8.94. The Balaban J connectivity index is 0.757. The predicted octanol–water partition coefficient (Wildman–Crippen LogP) is 0.348. The summed E-state index contributed by atoms with van der Waals surface area (Å²) in [5.74, 6) is -5.11. The van der Waals surface area contributed by atoms with Crippen LogP contribution in [-0.2, 0) is 78.0 Å². The Morgan fingerprint density at radius 2 is 0.783 bits per heavy atom. The first-order valence-corrected chi connectivity index (χ1v) is 28.9. The van der Waals surface area contributed by atoms with Crippen molar-refractivity contribution in [2.45, 2.75) is 39.0 Å². The third-order valence-electron chi connectivity index (χ3n) is 13.5. The molecule has 0 bridgehead atoms. The van der Waals surface area contributed by atoms with Gasteiger partial charge in [0.25, 0.3) is 41.4 Å². The van der Waals surface area contributed by atoms with Crippen molar-refractivity contribution < 1.29 is 62.2 Å². The standard InChI is InChI=1S/C57H74N22O13/c1-9-91-23-24-92-22-20-58-43(80)12-16-62-55(88)49-71-42(33-78(49)7)72-53(86)39-25-34(28-76(39)5)64-45(82)13-18-63-54(87)48-69-40(31-77(48)6)67-44(81)11-10-15-60-51(84)37-27-36(30-74(37)3)66-57(90)50-70-41(32-79(50)8)68-46(83)14-17-61-52(85)38-26-35(29-75(38)4)65-56(89)47-59-19-21-73(47)2/h19,21,25-33H,9-18,20,22-24H2,1-8H3,(H,58,80)(H,60,84)(H,61,85)(H,62,88)(H,63,87)(H,64,82)(H,65,89)(H,66,90)(H,67,81)(H,68,83)(H,72,86). The maximum Gasteiger partial charge on any atom is 0.291 e. The molecule has 490 valence electrons. The van der Waals surface area contributed by atoms with Crippen molar-refractivity contribution in [1.82, 2.24) is 78.5 Å². The van der Waals surface area contributed by atoms with Crippen LogP contribution in [0.5, 0.6) is 0 Å². The molecule has 7 heterocycles. The molecule has 0 aromatic carbocycles. The van der Waals surface area contributed by atoms with E-state index < -0.39 is 59.1 Å². The van der Waals surface area contributed by atoms with Crippen molar-refractivity contribution >= 4 is 99.5 Å². The minimum atomic E-state index is -0.635. The van der Waals surface area contributed by atoms with Crippen LogP contribution in [0.15, 0.2) is 67.8 Å². The van der Waals surface area contributed by atoms with E-state index in [-0.39, 0.29) is 128 Å². The lowest BCUT2D eigenvalue weighted by atomic mass is 10.3. The van der Waals surface area contributed by atoms with E-state index in [1.807, 2.05) is 6.92 Å². The molecule has 0 saturated heterocycles. The smallest absolute Gasteiger partial charge is 0.291 e. The van der Waals surface area contributed by atoms with Crippen LogP contribution in [0.2, 0.25) is 0 Å². The third kappa shape index (κ3) is 19.4. The summed E-state index contributed by atoms with van der Waals surface area (Å²) >= 11 is 0. The van der Waals surface area contributed by atoms with Crippen LogP contribution >= 0.6 is 0 Å². The molecule has 0 atom stereocenters. The van der Waals surface area contributed by atoms with Gasteiger partial charge in [-0.1, -0.05) is 0 Å². The summed E-state index contributed by atoms with van der Waals surface area (Å²) in [6, 6.07) is 4.39. The topological polar surface area (TPSA) is 425 Å². The number of amides is 11. The number of imidazole rings is 4. The van der Waals surface area contributed by atoms with Gasteiger partial charge < -0.3 is 99.9 Å². The molecule has 0 aliphatic rings. The fourth-order valence-corrected chi connectivity index (χ4v) is 8.94. The van der Waals surface area contributed by atoms with E-state index in [1.165, 1.54) is 82.8 Å². The van der Waals surface area contributed by atoms with Gasteiger partial charge in [0.2, 0.25) is 41.1 Å². The first-order chi connectivity index (χ1) is 44.0. The number of aromatic nitrogens is 11. The van der Waals surface area contributed by atoms with Gasteiger partial charge in [-0.2, -0.15) is 0 Å². The largest absolute Gasteiger partial charge is 0.379 e. The molecule has 35 nitrogen and oxygen atoms in total. The van der Waals surface area contributed by atoms with Gasteiger partial charge in [-0.3, -0.25) is 52.7 Å². The lowest BCUT2D eigenvalue weighted by molar-refractivity contribution is -0.121. The molecule has 35 heteroatoms. The van der Waals surface area contributed by atoms with Crippen LogP contribution in [-0.4, -0.2) is 176 Å². The zero-order valence-electron chi connectivity index (χ0n) is 52.0. The molecule has 7 rings (SSSR count). The number of aryl methyl sites for hydroxylation is 7. The lowest BCUT2D eigenvalue weighted by Gasteiger charge is -2.07. The van der Waals surface area contributed by atoms with Crippen molar-refractivity contribution in [2.75, 3.05) is 91.1 Å². The molecular formula is C57H74N22O13. The summed E-state index contributed by atoms with van der Waals surface area (Å²) in [6.07, 6.45) is 12.0. The summed E-state index contributed by atoms with van der Waals surface area (Å²) in [4.78, 5) is 158. The summed E-state index contributed by atoms with van der Waals surface area (Å²) in [7, 11) is 11.2. The Morgan fingerprint density at radius 1 is 0.370 bits per heavy atom. The molecule has 11 N–H and O–H groups in total. The number of ether oxygens (including phenoxy) is 2. The van der Waals surface area contributed by atoms with Crippen molar-refractivity contribution in [1.29, 1.82) is 0 Å². The normalized spacial score (nSPS) is 10.9. The van der Waals surface area contributed by atoms with Gasteiger partial charge in [-0.15, -0.1) is 0 Å². The van der Waals surface area contributed by atoms with Crippen LogP contribution in [0.25, 0.3) is 0 Å². The molecular weight excluding hydrogens is 1200 g/mol. The predicted molar refractivity (Wildman–Crippen MR) is 332 cm³/mol. The first kappa shape index (κ1) is 68.3. The number of nitrogens with zero attached hydrogens (tertiary/aromatic N) is 11. The highest BCUT2D eigenvalue weighted by molar-refractivity contribution is 6.06. The van der Waals surface area contributed by atoms with E-state index in [1.54, 1.807) is 66.3 Å². The maximum atomic E-state index is 13.3. The average Bonchev–Trinajstić information content (AvgIpc) is 1.98. The van der Waals surface area contributed by atoms with E-state index in [4.69, 9.17) is 9.47 Å². The Labute approximate surface area is 526 Å². The number of carbonyl (C=O) groups is 11. The van der Waals surface area contributed by atoms with Crippen LogP contribution in [0, 0.1) is 0 Å². The van der Waals surface area contributed by atoms with Gasteiger partial charge in [0, 0.05) is 164 Å². The Bertz CT molecular complexity index is 3860. The van der Waals surface area contributed by atoms with E-state index in [0.717, 1.165) is 0 Å². The Kier molecular flexibility index (Phi) is 24.0. The second kappa shape index (κ2) is 32.3. The lowest BCUT2D eigenvalue weighted by Crippen LogP contribution is -2.33. The van der Waals surface area contributed by atoms with Gasteiger partial charge >= 0.3 is 0 Å². The van der Waals surface area contributed by atoms with Crippen molar-refractivity contribution in [2.24, 2.45) is 49.3 Å². The van der Waals surface area contributed by atoms with Gasteiger partial charge in [0.15, 0.2) is 23.3 Å². The fraction of sp³-hybridized carbons (Fsp3) is 0.386. The van der Waals surface area contributed by atoms with Crippen molar-refractivity contribution in [3.8, 4) is 0 Å². The van der Waals surface area contributed by atoms with Crippen molar-refractivity contribution in [3.05, 3.63) is 108 Å². The molecule has 0 radical (unpaired) electrons. The number of anilines is 6. The van der Waals surface area contributed by atoms with Crippen LogP contribution in [0.3, 0.4) is 0 Å². The molecule has 11 amide bonds. The molecule has 0 aliphatic carbocycles. The van der Waals surface area contributed by atoms with Gasteiger partial charge in [0.05, 0.1) is 36.9 Å². The molecule has 0 saturated carbocycles. The number of hydrogen-bond donors (Lipinski definition) is 11.